The maximum atomic E-state index is 13.7. The van der Waals surface area contributed by atoms with Gasteiger partial charge in [0.2, 0.25) is 0 Å². The summed E-state index contributed by atoms with van der Waals surface area (Å²) in [7, 11) is 0. The molecule has 2 rings (SSSR count). The zero-order valence-corrected chi connectivity index (χ0v) is 12.9. The molecular weight excluding hydrogens is 321 g/mol. The maximum absolute atomic E-state index is 13.7. The molecule has 0 heterocycles. The highest BCUT2D eigenvalue weighted by atomic mass is 79.9. The van der Waals surface area contributed by atoms with Gasteiger partial charge in [-0.1, -0.05) is 32.0 Å². The molecule has 2 aromatic rings. The van der Waals surface area contributed by atoms with Crippen LogP contribution in [0.5, 0.6) is 0 Å². The Balaban J connectivity index is 2.26. The lowest BCUT2D eigenvalue weighted by Gasteiger charge is -2.10. The molecule has 0 aliphatic heterocycles. The van der Waals surface area contributed by atoms with E-state index in [9.17, 15) is 9.18 Å². The van der Waals surface area contributed by atoms with Crippen LogP contribution in [0.2, 0.25) is 0 Å². The Bertz CT molecular complexity index is 620. The first-order valence-corrected chi connectivity index (χ1v) is 7.13. The largest absolute Gasteiger partial charge is 0.322 e. The van der Waals surface area contributed by atoms with Gasteiger partial charge >= 0.3 is 0 Å². The third-order valence-corrected chi connectivity index (χ3v) is 3.66. The van der Waals surface area contributed by atoms with Crippen molar-refractivity contribution < 1.29 is 9.18 Å². The summed E-state index contributed by atoms with van der Waals surface area (Å²) in [5, 5.41) is 2.73. The average molecular weight is 336 g/mol. The Morgan fingerprint density at radius 2 is 1.90 bits per heavy atom. The average Bonchev–Trinajstić information content (AvgIpc) is 2.38. The Morgan fingerprint density at radius 1 is 1.20 bits per heavy atom. The van der Waals surface area contributed by atoms with E-state index in [1.807, 2.05) is 18.2 Å². The van der Waals surface area contributed by atoms with Crippen LogP contribution in [0, 0.1) is 5.82 Å². The molecule has 0 unspecified atom stereocenters. The van der Waals surface area contributed by atoms with E-state index in [-0.39, 0.29) is 5.56 Å². The zero-order valence-electron chi connectivity index (χ0n) is 11.3. The molecule has 4 heteroatoms. The summed E-state index contributed by atoms with van der Waals surface area (Å²) in [5.41, 5.74) is 1.80. The number of carbonyl (C=O) groups excluding carboxylic acids is 1. The van der Waals surface area contributed by atoms with E-state index in [1.54, 1.807) is 18.2 Å². The quantitative estimate of drug-likeness (QED) is 0.843. The highest BCUT2D eigenvalue weighted by Crippen LogP contribution is 2.23. The van der Waals surface area contributed by atoms with Crippen molar-refractivity contribution in [1.29, 1.82) is 0 Å². The monoisotopic (exact) mass is 335 g/mol. The Hall–Kier alpha value is -1.68. The van der Waals surface area contributed by atoms with Crippen molar-refractivity contribution >= 4 is 27.5 Å². The van der Waals surface area contributed by atoms with Crippen LogP contribution >= 0.6 is 15.9 Å². The van der Waals surface area contributed by atoms with Crippen LogP contribution in [0.4, 0.5) is 10.1 Å². The highest BCUT2D eigenvalue weighted by molar-refractivity contribution is 9.10. The Kier molecular flexibility index (Phi) is 4.55. The first-order valence-electron chi connectivity index (χ1n) is 6.34. The molecular formula is C16H15BrFNO. The molecule has 1 N–H and O–H groups in total. The minimum Gasteiger partial charge on any atom is -0.322 e. The molecule has 0 bridgehead atoms. The molecule has 2 nitrogen and oxygen atoms in total. The number of rotatable bonds is 3. The fraction of sp³-hybridized carbons (Fsp3) is 0.188. The topological polar surface area (TPSA) is 29.1 Å². The molecule has 0 fully saturated rings. The minimum absolute atomic E-state index is 0.0162. The van der Waals surface area contributed by atoms with Crippen LogP contribution in [-0.2, 0) is 0 Å². The van der Waals surface area contributed by atoms with Gasteiger partial charge in [0.25, 0.3) is 5.91 Å². The van der Waals surface area contributed by atoms with Crippen LogP contribution in [0.15, 0.2) is 46.9 Å². The van der Waals surface area contributed by atoms with Crippen LogP contribution in [-0.4, -0.2) is 5.91 Å². The standard InChI is InChI=1S/C16H15BrFNO/c1-10(2)11-5-3-6-12(9-11)19-16(20)15-13(17)7-4-8-14(15)18/h3-10H,1-2H3,(H,19,20). The van der Waals surface area contributed by atoms with Gasteiger partial charge in [-0.05, 0) is 51.7 Å². The fourth-order valence-corrected chi connectivity index (χ4v) is 2.41. The van der Waals surface area contributed by atoms with E-state index < -0.39 is 11.7 Å². The first-order chi connectivity index (χ1) is 9.49. The van der Waals surface area contributed by atoms with E-state index in [0.29, 0.717) is 16.1 Å². The predicted molar refractivity (Wildman–Crippen MR) is 82.6 cm³/mol. The van der Waals surface area contributed by atoms with E-state index in [2.05, 4.69) is 35.1 Å². The number of hydrogen-bond acceptors (Lipinski definition) is 1. The third kappa shape index (κ3) is 3.25. The smallest absolute Gasteiger partial charge is 0.259 e. The number of benzene rings is 2. The van der Waals surface area contributed by atoms with Crippen LogP contribution < -0.4 is 5.32 Å². The molecule has 0 saturated carbocycles. The first kappa shape index (κ1) is 14.7. The second-order valence-electron chi connectivity index (χ2n) is 4.83. The second-order valence-corrected chi connectivity index (χ2v) is 5.69. The van der Waals surface area contributed by atoms with Gasteiger partial charge in [0, 0.05) is 10.2 Å². The SMILES string of the molecule is CC(C)c1cccc(NC(=O)c2c(F)cccc2Br)c1. The van der Waals surface area contributed by atoms with Crippen molar-refractivity contribution in [3.63, 3.8) is 0 Å². The summed E-state index contributed by atoms with van der Waals surface area (Å²) in [4.78, 5) is 12.2. The number of anilines is 1. The number of hydrogen-bond donors (Lipinski definition) is 1. The summed E-state index contributed by atoms with van der Waals surface area (Å²) >= 11 is 3.20. The maximum Gasteiger partial charge on any atom is 0.259 e. The molecule has 0 aromatic heterocycles. The Morgan fingerprint density at radius 3 is 2.55 bits per heavy atom. The van der Waals surface area contributed by atoms with E-state index in [1.165, 1.54) is 6.07 Å². The van der Waals surface area contributed by atoms with Gasteiger partial charge < -0.3 is 5.32 Å². The Labute approximate surface area is 126 Å². The summed E-state index contributed by atoms with van der Waals surface area (Å²) in [6.45, 7) is 4.16. The third-order valence-electron chi connectivity index (χ3n) is 3.00. The summed E-state index contributed by atoms with van der Waals surface area (Å²) in [6.07, 6.45) is 0. The molecule has 2 aromatic carbocycles. The lowest BCUT2D eigenvalue weighted by atomic mass is 10.0. The van der Waals surface area contributed by atoms with Gasteiger partial charge in [-0.15, -0.1) is 0 Å². The van der Waals surface area contributed by atoms with Crippen molar-refractivity contribution in [2.24, 2.45) is 0 Å². The molecule has 104 valence electrons. The molecule has 1 amide bonds. The summed E-state index contributed by atoms with van der Waals surface area (Å²) in [6, 6.07) is 12.0. The van der Waals surface area contributed by atoms with Gasteiger partial charge in [-0.25, -0.2) is 4.39 Å². The normalized spacial score (nSPS) is 10.7. The van der Waals surface area contributed by atoms with Crippen molar-refractivity contribution in [1.82, 2.24) is 0 Å². The van der Waals surface area contributed by atoms with Gasteiger partial charge in [0.05, 0.1) is 5.56 Å². The van der Waals surface area contributed by atoms with E-state index >= 15 is 0 Å². The number of nitrogens with one attached hydrogen (secondary N) is 1. The fourth-order valence-electron chi connectivity index (χ4n) is 1.88. The lowest BCUT2D eigenvalue weighted by Crippen LogP contribution is -2.14. The summed E-state index contributed by atoms with van der Waals surface area (Å²) < 4.78 is 14.2. The molecule has 0 saturated heterocycles. The number of halogens is 2. The summed E-state index contributed by atoms with van der Waals surface area (Å²) in [5.74, 6) is -0.639. The van der Waals surface area contributed by atoms with Crippen LogP contribution in [0.1, 0.15) is 35.7 Å². The molecule has 20 heavy (non-hydrogen) atoms. The molecule has 0 atom stereocenters. The van der Waals surface area contributed by atoms with Crippen molar-refractivity contribution in [3.05, 3.63) is 63.9 Å². The lowest BCUT2D eigenvalue weighted by molar-refractivity contribution is 0.102. The van der Waals surface area contributed by atoms with E-state index in [4.69, 9.17) is 0 Å². The molecule has 0 aliphatic carbocycles. The predicted octanol–water partition coefficient (Wildman–Crippen LogP) is 4.96. The number of carbonyl (C=O) groups is 1. The van der Waals surface area contributed by atoms with Crippen molar-refractivity contribution in [3.8, 4) is 0 Å². The molecule has 0 radical (unpaired) electrons. The van der Waals surface area contributed by atoms with Crippen LogP contribution in [0.3, 0.4) is 0 Å². The van der Waals surface area contributed by atoms with Gasteiger partial charge in [-0.3, -0.25) is 4.79 Å². The van der Waals surface area contributed by atoms with Crippen molar-refractivity contribution in [2.45, 2.75) is 19.8 Å². The van der Waals surface area contributed by atoms with Crippen LogP contribution in [0.25, 0.3) is 0 Å². The van der Waals surface area contributed by atoms with Crippen molar-refractivity contribution in [2.75, 3.05) is 5.32 Å². The zero-order chi connectivity index (χ0) is 14.7. The molecule has 0 aliphatic rings. The van der Waals surface area contributed by atoms with Gasteiger partial charge in [-0.2, -0.15) is 0 Å². The highest BCUT2D eigenvalue weighted by Gasteiger charge is 2.15. The van der Waals surface area contributed by atoms with Gasteiger partial charge in [0.1, 0.15) is 5.82 Å². The molecule has 0 spiro atoms. The van der Waals surface area contributed by atoms with E-state index in [0.717, 1.165) is 5.56 Å². The van der Waals surface area contributed by atoms with Gasteiger partial charge in [0.15, 0.2) is 0 Å². The number of amides is 1. The minimum atomic E-state index is -0.545. The second kappa shape index (κ2) is 6.18.